The molecule has 2 aliphatic rings. The lowest BCUT2D eigenvalue weighted by Gasteiger charge is -2.29. The predicted molar refractivity (Wildman–Crippen MR) is 130 cm³/mol. The predicted octanol–water partition coefficient (Wildman–Crippen LogP) is 4.89. The second-order valence-electron chi connectivity index (χ2n) is 8.90. The average molecular weight is 455 g/mol. The van der Waals surface area contributed by atoms with Crippen molar-refractivity contribution in [2.45, 2.75) is 32.2 Å². The summed E-state index contributed by atoms with van der Waals surface area (Å²) in [6.45, 7) is 5.37. The lowest BCUT2D eigenvalue weighted by molar-refractivity contribution is 0.184. The summed E-state index contributed by atoms with van der Waals surface area (Å²) in [4.78, 5) is 19.3. The third-order valence-electron chi connectivity index (χ3n) is 6.46. The van der Waals surface area contributed by atoms with E-state index in [-0.39, 0.29) is 0 Å². The Morgan fingerprint density at radius 2 is 1.88 bits per heavy atom. The zero-order chi connectivity index (χ0) is 22.9. The molecule has 0 unspecified atom stereocenters. The minimum Gasteiger partial charge on any atom is -0.457 e. The minimum atomic E-state index is 0.352. The van der Waals surface area contributed by atoms with E-state index in [9.17, 15) is 0 Å². The highest BCUT2D eigenvalue weighted by Gasteiger charge is 2.25. The van der Waals surface area contributed by atoms with E-state index < -0.39 is 0 Å². The Morgan fingerprint density at radius 1 is 1.06 bits per heavy atom. The van der Waals surface area contributed by atoms with Gasteiger partial charge in [0.2, 0.25) is 5.89 Å². The average Bonchev–Trinajstić information content (AvgIpc) is 3.61. The molecule has 4 aromatic rings. The third kappa shape index (κ3) is 4.36. The van der Waals surface area contributed by atoms with Gasteiger partial charge in [-0.15, -0.1) is 0 Å². The molecule has 0 aliphatic carbocycles. The topological polar surface area (TPSA) is 92.4 Å². The molecule has 0 bridgehead atoms. The van der Waals surface area contributed by atoms with Crippen LogP contribution in [0.1, 0.15) is 41.9 Å². The molecule has 0 amide bonds. The van der Waals surface area contributed by atoms with Crippen LogP contribution in [-0.4, -0.2) is 50.9 Å². The Bertz CT molecular complexity index is 1360. The van der Waals surface area contributed by atoms with Crippen molar-refractivity contribution in [3.05, 3.63) is 71.6 Å². The van der Waals surface area contributed by atoms with E-state index in [1.54, 1.807) is 0 Å². The van der Waals surface area contributed by atoms with Gasteiger partial charge in [0.1, 0.15) is 17.3 Å². The summed E-state index contributed by atoms with van der Waals surface area (Å²) in [6, 6.07) is 14.1. The van der Waals surface area contributed by atoms with Gasteiger partial charge < -0.3 is 14.2 Å². The molecule has 34 heavy (non-hydrogen) atoms. The number of H-pyrrole nitrogens is 1. The summed E-state index contributed by atoms with van der Waals surface area (Å²) in [5.74, 6) is 4.39. The molecule has 8 nitrogen and oxygen atoms in total. The summed E-state index contributed by atoms with van der Waals surface area (Å²) in [6.07, 6.45) is 5.94. The fourth-order valence-electron chi connectivity index (χ4n) is 4.62. The number of imidazole rings is 1. The maximum absolute atomic E-state index is 6.09. The van der Waals surface area contributed by atoms with Crippen molar-refractivity contribution in [2.75, 3.05) is 19.6 Å². The van der Waals surface area contributed by atoms with E-state index in [1.165, 1.54) is 11.1 Å². The van der Waals surface area contributed by atoms with Crippen molar-refractivity contribution in [3.8, 4) is 11.5 Å². The van der Waals surface area contributed by atoms with Crippen LogP contribution in [0.2, 0.25) is 0 Å². The van der Waals surface area contributed by atoms with Crippen LogP contribution >= 0.6 is 0 Å². The van der Waals surface area contributed by atoms with E-state index in [4.69, 9.17) is 14.2 Å². The molecule has 172 valence electrons. The first-order valence-corrected chi connectivity index (χ1v) is 11.7. The van der Waals surface area contributed by atoms with E-state index in [1.807, 2.05) is 43.5 Å². The summed E-state index contributed by atoms with van der Waals surface area (Å²) in [5, 5.41) is 3.92. The fraction of sp³-hybridized carbons (Fsp3) is 0.308. The van der Waals surface area contributed by atoms with Gasteiger partial charge in [-0.3, -0.25) is 9.89 Å². The molecule has 0 saturated carbocycles. The number of hydrogen-bond donors (Lipinski definition) is 1. The molecule has 2 aliphatic heterocycles. The molecule has 2 aromatic carbocycles. The Kier molecular flexibility index (Phi) is 5.43. The highest BCUT2D eigenvalue weighted by Crippen LogP contribution is 2.29. The van der Waals surface area contributed by atoms with Gasteiger partial charge in [0.05, 0.1) is 24.1 Å². The Balaban J connectivity index is 1.08. The molecule has 1 N–H and O–H groups in total. The number of likely N-dealkylation sites (tertiary alicyclic amines) is 1. The van der Waals surface area contributed by atoms with Crippen LogP contribution in [0.15, 0.2) is 58.1 Å². The molecule has 1 saturated heterocycles. The van der Waals surface area contributed by atoms with Crippen molar-refractivity contribution < 1.29 is 9.26 Å². The monoisotopic (exact) mass is 454 g/mol. The number of hydrogen-bond acceptors (Lipinski definition) is 7. The number of fused-ring (bicyclic) bond motifs is 1. The van der Waals surface area contributed by atoms with Gasteiger partial charge in [-0.1, -0.05) is 17.3 Å². The third-order valence-corrected chi connectivity index (χ3v) is 6.46. The largest absolute Gasteiger partial charge is 0.457 e. The van der Waals surface area contributed by atoms with Crippen LogP contribution in [0.5, 0.6) is 11.5 Å². The van der Waals surface area contributed by atoms with Gasteiger partial charge in [-0.2, -0.15) is 4.98 Å². The van der Waals surface area contributed by atoms with Crippen molar-refractivity contribution >= 4 is 22.8 Å². The standard InChI is InChI=1S/C26H26N6O2/c1-17-28-26(34-31-17)19-9-12-32(13-10-19)16-25-29-23-7-6-22(14-24(23)30-25)33-21-4-2-18(3-5-21)20-8-11-27-15-20/h2-8,11,14,19H,9-10,12-13,15-16H2,1H3,(H,29,30). The van der Waals surface area contributed by atoms with Crippen molar-refractivity contribution in [1.82, 2.24) is 25.0 Å². The molecule has 0 atom stereocenters. The number of aromatic amines is 1. The Labute approximate surface area is 197 Å². The molecular formula is C26H26N6O2. The summed E-state index contributed by atoms with van der Waals surface area (Å²) >= 11 is 0. The molecular weight excluding hydrogens is 428 g/mol. The van der Waals surface area contributed by atoms with Crippen LogP contribution < -0.4 is 4.74 Å². The first kappa shape index (κ1) is 20.8. The van der Waals surface area contributed by atoms with Gasteiger partial charge in [0.15, 0.2) is 5.82 Å². The number of aliphatic imine (C=N–C) groups is 1. The lowest BCUT2D eigenvalue weighted by Crippen LogP contribution is -2.32. The van der Waals surface area contributed by atoms with Crippen molar-refractivity contribution in [1.29, 1.82) is 0 Å². The van der Waals surface area contributed by atoms with Gasteiger partial charge in [-0.05, 0) is 74.3 Å². The van der Waals surface area contributed by atoms with Gasteiger partial charge >= 0.3 is 0 Å². The van der Waals surface area contributed by atoms with Gasteiger partial charge in [0.25, 0.3) is 0 Å². The fourth-order valence-corrected chi connectivity index (χ4v) is 4.62. The number of ether oxygens (including phenoxy) is 1. The van der Waals surface area contributed by atoms with Gasteiger partial charge in [0, 0.05) is 18.2 Å². The smallest absolute Gasteiger partial charge is 0.229 e. The zero-order valence-electron chi connectivity index (χ0n) is 19.1. The zero-order valence-corrected chi connectivity index (χ0v) is 19.1. The lowest BCUT2D eigenvalue weighted by atomic mass is 9.97. The maximum atomic E-state index is 6.09. The summed E-state index contributed by atoms with van der Waals surface area (Å²) < 4.78 is 11.5. The number of rotatable bonds is 6. The molecule has 4 heterocycles. The maximum Gasteiger partial charge on any atom is 0.229 e. The first-order valence-electron chi connectivity index (χ1n) is 11.7. The normalized spacial score (nSPS) is 16.9. The van der Waals surface area contributed by atoms with Crippen LogP contribution in [-0.2, 0) is 6.54 Å². The highest BCUT2D eigenvalue weighted by atomic mass is 16.5. The van der Waals surface area contributed by atoms with Crippen LogP contribution in [0.25, 0.3) is 16.6 Å². The van der Waals surface area contributed by atoms with E-state index in [2.05, 4.69) is 43.2 Å². The molecule has 0 radical (unpaired) electrons. The van der Waals surface area contributed by atoms with E-state index >= 15 is 0 Å². The second-order valence-corrected chi connectivity index (χ2v) is 8.90. The van der Waals surface area contributed by atoms with Crippen molar-refractivity contribution in [2.24, 2.45) is 4.99 Å². The Hall–Kier alpha value is -3.78. The molecule has 1 fully saturated rings. The number of nitrogens with one attached hydrogen (secondary N) is 1. The number of benzene rings is 2. The number of aryl methyl sites for hydroxylation is 1. The van der Waals surface area contributed by atoms with Crippen LogP contribution in [0.3, 0.4) is 0 Å². The molecule has 2 aromatic heterocycles. The number of aromatic nitrogens is 4. The van der Waals surface area contributed by atoms with E-state index in [0.717, 1.165) is 73.3 Å². The quantitative estimate of drug-likeness (QED) is 0.446. The van der Waals surface area contributed by atoms with Gasteiger partial charge in [-0.25, -0.2) is 4.98 Å². The molecule has 6 rings (SSSR count). The summed E-state index contributed by atoms with van der Waals surface area (Å²) in [5.41, 5.74) is 4.33. The Morgan fingerprint density at radius 3 is 2.62 bits per heavy atom. The molecule has 8 heteroatoms. The SMILES string of the molecule is Cc1noc(C2CCN(Cc3nc4ccc(Oc5ccc(C6=CC=NC6)cc5)cc4[nH]3)CC2)n1. The van der Waals surface area contributed by atoms with Crippen LogP contribution in [0.4, 0.5) is 0 Å². The first-order chi connectivity index (χ1) is 16.7. The van der Waals surface area contributed by atoms with E-state index in [0.29, 0.717) is 11.7 Å². The number of piperidine rings is 1. The number of nitrogens with zero attached hydrogens (tertiary/aromatic N) is 5. The minimum absolute atomic E-state index is 0.352. The van der Waals surface area contributed by atoms with Crippen LogP contribution in [0, 0.1) is 6.92 Å². The molecule has 0 spiro atoms. The second kappa shape index (κ2) is 8.87. The highest BCUT2D eigenvalue weighted by molar-refractivity contribution is 5.89. The number of allylic oxidation sites excluding steroid dienone is 1. The van der Waals surface area contributed by atoms with Crippen molar-refractivity contribution in [3.63, 3.8) is 0 Å². The summed E-state index contributed by atoms with van der Waals surface area (Å²) in [7, 11) is 0.